The molecule has 0 saturated heterocycles. The lowest BCUT2D eigenvalue weighted by Crippen LogP contribution is -2.23. The number of nitrogens with one attached hydrogen (secondary N) is 1. The molecule has 1 rings (SSSR count). The summed E-state index contributed by atoms with van der Waals surface area (Å²) in [5.74, 6) is 1.77. The zero-order valence-corrected chi connectivity index (χ0v) is 11.5. The number of nitrogen functional groups attached to an aromatic ring is 1. The van der Waals surface area contributed by atoms with Crippen molar-refractivity contribution in [3.8, 4) is 0 Å². The molecule has 0 aliphatic heterocycles. The van der Waals surface area contributed by atoms with E-state index in [0.29, 0.717) is 11.7 Å². The molecule has 96 valence electrons. The molecule has 0 amide bonds. The molecule has 0 radical (unpaired) electrons. The van der Waals surface area contributed by atoms with Crippen LogP contribution >= 0.6 is 0 Å². The van der Waals surface area contributed by atoms with Crippen LogP contribution in [0, 0.1) is 5.41 Å². The number of nitrogens with zero attached hydrogens (tertiary/aromatic N) is 2. The molecule has 0 aliphatic carbocycles. The minimum atomic E-state index is 0.258. The fraction of sp³-hybridized carbons (Fsp3) is 0.692. The van der Waals surface area contributed by atoms with E-state index in [4.69, 9.17) is 5.73 Å². The van der Waals surface area contributed by atoms with E-state index < -0.39 is 0 Å². The Morgan fingerprint density at radius 1 is 1.35 bits per heavy atom. The van der Waals surface area contributed by atoms with E-state index in [2.05, 4.69) is 49.9 Å². The second kappa shape index (κ2) is 5.34. The highest BCUT2D eigenvalue weighted by Crippen LogP contribution is 2.28. The molecule has 17 heavy (non-hydrogen) atoms. The molecular formula is C13H24N4. The first-order valence-electron chi connectivity index (χ1n) is 6.21. The predicted molar refractivity (Wildman–Crippen MR) is 73.1 cm³/mol. The summed E-state index contributed by atoms with van der Waals surface area (Å²) in [6, 6.07) is 0. The number of aromatic nitrogens is 2. The summed E-state index contributed by atoms with van der Waals surface area (Å²) in [5.41, 5.74) is 7.17. The summed E-state index contributed by atoms with van der Waals surface area (Å²) in [5, 5.41) is 3.40. The van der Waals surface area contributed by atoms with Gasteiger partial charge in [0.05, 0.1) is 0 Å². The van der Waals surface area contributed by atoms with Gasteiger partial charge in [0.15, 0.2) is 0 Å². The van der Waals surface area contributed by atoms with Crippen molar-refractivity contribution in [3.05, 3.63) is 11.9 Å². The predicted octanol–water partition coefficient (Wildman–Crippen LogP) is 3.03. The van der Waals surface area contributed by atoms with Crippen LogP contribution in [0.4, 0.5) is 11.6 Å². The van der Waals surface area contributed by atoms with Gasteiger partial charge in [-0.25, -0.2) is 9.97 Å². The van der Waals surface area contributed by atoms with E-state index >= 15 is 0 Å². The van der Waals surface area contributed by atoms with Crippen molar-refractivity contribution >= 4 is 11.6 Å². The molecule has 0 unspecified atom stereocenters. The van der Waals surface area contributed by atoms with Gasteiger partial charge < -0.3 is 11.1 Å². The third-order valence-corrected chi connectivity index (χ3v) is 3.18. The summed E-state index contributed by atoms with van der Waals surface area (Å²) < 4.78 is 0. The van der Waals surface area contributed by atoms with E-state index in [1.165, 1.54) is 6.33 Å². The molecule has 4 nitrogen and oxygen atoms in total. The molecular weight excluding hydrogens is 212 g/mol. The van der Waals surface area contributed by atoms with Gasteiger partial charge in [-0.3, -0.25) is 0 Å². The number of nitrogens with two attached hydrogens (primary N) is 1. The molecule has 0 spiro atoms. The highest BCUT2D eigenvalue weighted by molar-refractivity contribution is 5.56. The van der Waals surface area contributed by atoms with Crippen molar-refractivity contribution in [2.24, 2.45) is 5.41 Å². The van der Waals surface area contributed by atoms with Crippen LogP contribution in [0.1, 0.15) is 52.5 Å². The van der Waals surface area contributed by atoms with Gasteiger partial charge in [0, 0.05) is 12.1 Å². The average Bonchev–Trinajstić information content (AvgIpc) is 2.26. The Labute approximate surface area is 104 Å². The second-order valence-corrected chi connectivity index (χ2v) is 5.55. The quantitative estimate of drug-likeness (QED) is 0.824. The van der Waals surface area contributed by atoms with Crippen molar-refractivity contribution in [1.82, 2.24) is 9.97 Å². The lowest BCUT2D eigenvalue weighted by molar-refractivity contribution is 0.376. The minimum absolute atomic E-state index is 0.258. The van der Waals surface area contributed by atoms with Crippen LogP contribution in [-0.4, -0.2) is 16.5 Å². The zero-order valence-electron chi connectivity index (χ0n) is 11.5. The maximum atomic E-state index is 5.90. The Hall–Kier alpha value is -1.32. The highest BCUT2D eigenvalue weighted by atomic mass is 15.0. The van der Waals surface area contributed by atoms with Gasteiger partial charge in [0.1, 0.15) is 18.0 Å². The molecule has 0 atom stereocenters. The van der Waals surface area contributed by atoms with E-state index in [9.17, 15) is 0 Å². The molecule has 0 bridgehead atoms. The van der Waals surface area contributed by atoms with Crippen LogP contribution in [-0.2, 0) is 0 Å². The Kier molecular flexibility index (Phi) is 4.32. The monoisotopic (exact) mass is 236 g/mol. The third kappa shape index (κ3) is 3.58. The topological polar surface area (TPSA) is 63.8 Å². The Balaban J connectivity index is 2.88. The van der Waals surface area contributed by atoms with E-state index in [1.807, 2.05) is 0 Å². The number of rotatable bonds is 5. The molecule has 4 heteroatoms. The standard InChI is InChI=1S/C13H24N4/c1-6-13(4,5)7-15-12-10(9(2)3)11(14)16-8-17-12/h8-9H,6-7H2,1-5H3,(H3,14,15,16,17). The molecule has 0 aromatic carbocycles. The molecule has 0 aliphatic rings. The van der Waals surface area contributed by atoms with Crippen LogP contribution in [0.2, 0.25) is 0 Å². The fourth-order valence-electron chi connectivity index (χ4n) is 1.57. The first-order valence-corrected chi connectivity index (χ1v) is 6.21. The first kappa shape index (κ1) is 13.7. The largest absolute Gasteiger partial charge is 0.383 e. The maximum Gasteiger partial charge on any atom is 0.134 e. The van der Waals surface area contributed by atoms with Crippen molar-refractivity contribution in [2.45, 2.75) is 47.0 Å². The molecule has 3 N–H and O–H groups in total. The minimum Gasteiger partial charge on any atom is -0.383 e. The summed E-state index contributed by atoms with van der Waals surface area (Å²) in [6.07, 6.45) is 2.64. The van der Waals surface area contributed by atoms with Gasteiger partial charge in [0.25, 0.3) is 0 Å². The van der Waals surface area contributed by atoms with Crippen LogP contribution in [0.25, 0.3) is 0 Å². The summed E-state index contributed by atoms with van der Waals surface area (Å²) in [6.45, 7) is 11.8. The molecule has 1 heterocycles. The normalized spacial score (nSPS) is 11.9. The summed E-state index contributed by atoms with van der Waals surface area (Å²) >= 11 is 0. The van der Waals surface area contributed by atoms with Crippen molar-refractivity contribution in [2.75, 3.05) is 17.6 Å². The number of hydrogen-bond acceptors (Lipinski definition) is 4. The fourth-order valence-corrected chi connectivity index (χ4v) is 1.57. The summed E-state index contributed by atoms with van der Waals surface area (Å²) in [7, 11) is 0. The van der Waals surface area contributed by atoms with Gasteiger partial charge in [-0.1, -0.05) is 34.6 Å². The van der Waals surface area contributed by atoms with E-state index in [-0.39, 0.29) is 5.41 Å². The van der Waals surface area contributed by atoms with Crippen molar-refractivity contribution in [1.29, 1.82) is 0 Å². The van der Waals surface area contributed by atoms with E-state index in [0.717, 1.165) is 24.3 Å². The van der Waals surface area contributed by atoms with Gasteiger partial charge in [-0.2, -0.15) is 0 Å². The first-order chi connectivity index (χ1) is 7.87. The lowest BCUT2D eigenvalue weighted by atomic mass is 9.90. The maximum absolute atomic E-state index is 5.90. The average molecular weight is 236 g/mol. The summed E-state index contributed by atoms with van der Waals surface area (Å²) in [4.78, 5) is 8.35. The Morgan fingerprint density at radius 3 is 2.53 bits per heavy atom. The number of hydrogen-bond donors (Lipinski definition) is 2. The van der Waals surface area contributed by atoms with Gasteiger partial charge >= 0.3 is 0 Å². The third-order valence-electron chi connectivity index (χ3n) is 3.18. The Morgan fingerprint density at radius 2 is 2.00 bits per heavy atom. The molecule has 1 aromatic heterocycles. The smallest absolute Gasteiger partial charge is 0.134 e. The van der Waals surface area contributed by atoms with Crippen molar-refractivity contribution < 1.29 is 0 Å². The second-order valence-electron chi connectivity index (χ2n) is 5.55. The van der Waals surface area contributed by atoms with Crippen LogP contribution in [0.15, 0.2) is 6.33 Å². The molecule has 0 saturated carbocycles. The lowest BCUT2D eigenvalue weighted by Gasteiger charge is -2.24. The van der Waals surface area contributed by atoms with Gasteiger partial charge in [-0.05, 0) is 17.8 Å². The highest BCUT2D eigenvalue weighted by Gasteiger charge is 2.18. The molecule has 0 fully saturated rings. The van der Waals surface area contributed by atoms with Gasteiger partial charge in [0.2, 0.25) is 0 Å². The Bertz CT molecular complexity index is 372. The number of anilines is 2. The molecule has 1 aromatic rings. The van der Waals surface area contributed by atoms with Crippen LogP contribution < -0.4 is 11.1 Å². The zero-order chi connectivity index (χ0) is 13.1. The van der Waals surface area contributed by atoms with Crippen LogP contribution in [0.3, 0.4) is 0 Å². The SMILES string of the molecule is CCC(C)(C)CNc1ncnc(N)c1C(C)C. The van der Waals surface area contributed by atoms with E-state index in [1.54, 1.807) is 0 Å². The van der Waals surface area contributed by atoms with Crippen molar-refractivity contribution in [3.63, 3.8) is 0 Å². The van der Waals surface area contributed by atoms with Crippen LogP contribution in [0.5, 0.6) is 0 Å². The van der Waals surface area contributed by atoms with Gasteiger partial charge in [-0.15, -0.1) is 0 Å².